The zero-order valence-electron chi connectivity index (χ0n) is 21.4. The van der Waals surface area contributed by atoms with Crippen molar-refractivity contribution < 1.29 is 28.7 Å². The summed E-state index contributed by atoms with van der Waals surface area (Å²) >= 11 is 1.68. The van der Waals surface area contributed by atoms with E-state index in [0.29, 0.717) is 26.4 Å². The van der Waals surface area contributed by atoms with Gasteiger partial charge in [0.2, 0.25) is 0 Å². The second kappa shape index (κ2) is 15.2. The number of benzene rings is 3. The molecule has 1 aliphatic heterocycles. The molecular formula is C30H36O6S. The van der Waals surface area contributed by atoms with E-state index in [2.05, 4.69) is 6.92 Å². The minimum absolute atomic E-state index is 0.268. The largest absolute Gasteiger partial charge is 0.374 e. The van der Waals surface area contributed by atoms with Crippen LogP contribution in [0, 0.1) is 0 Å². The summed E-state index contributed by atoms with van der Waals surface area (Å²) in [6.45, 7) is 3.78. The van der Waals surface area contributed by atoms with Gasteiger partial charge in [0.15, 0.2) is 6.10 Å². The minimum atomic E-state index is -0.513. The molecule has 198 valence electrons. The van der Waals surface area contributed by atoms with E-state index in [4.69, 9.17) is 28.7 Å². The van der Waals surface area contributed by atoms with E-state index >= 15 is 0 Å². The molecule has 3 aromatic carbocycles. The Kier molecular flexibility index (Phi) is 11.5. The van der Waals surface area contributed by atoms with Gasteiger partial charge in [-0.05, 0) is 22.4 Å². The van der Waals surface area contributed by atoms with Crippen molar-refractivity contribution in [1.82, 2.24) is 0 Å². The summed E-state index contributed by atoms with van der Waals surface area (Å²) in [5.41, 5.74) is 2.98. The number of rotatable bonds is 14. The third-order valence-electron chi connectivity index (χ3n) is 6.09. The van der Waals surface area contributed by atoms with E-state index in [1.807, 2.05) is 91.0 Å². The maximum atomic E-state index is 6.60. The molecule has 0 radical (unpaired) electrons. The molecular weight excluding hydrogens is 488 g/mol. The summed E-state index contributed by atoms with van der Waals surface area (Å²) in [5.74, 6) is 0.864. The lowest BCUT2D eigenvalue weighted by Gasteiger charge is -2.45. The van der Waals surface area contributed by atoms with Gasteiger partial charge in [-0.3, -0.25) is 0 Å². The molecule has 0 unspecified atom stereocenters. The van der Waals surface area contributed by atoms with Gasteiger partial charge in [-0.25, -0.2) is 9.78 Å². The van der Waals surface area contributed by atoms with Crippen molar-refractivity contribution in [1.29, 1.82) is 0 Å². The molecule has 4 rings (SSSR count). The fraction of sp³-hybridized carbons (Fsp3) is 0.400. The second-order valence-electron chi connectivity index (χ2n) is 8.75. The molecule has 0 amide bonds. The molecule has 6 nitrogen and oxygen atoms in total. The number of thioether (sulfide) groups is 1. The Morgan fingerprint density at radius 3 is 1.70 bits per heavy atom. The summed E-state index contributed by atoms with van der Waals surface area (Å²) in [7, 11) is 1.51. The van der Waals surface area contributed by atoms with Crippen molar-refractivity contribution in [2.24, 2.45) is 0 Å². The van der Waals surface area contributed by atoms with Crippen molar-refractivity contribution in [3.05, 3.63) is 108 Å². The topological polar surface area (TPSA) is 55.4 Å². The third-order valence-corrected chi connectivity index (χ3v) is 7.13. The molecule has 0 spiro atoms. The Hall–Kier alpha value is -2.23. The highest BCUT2D eigenvalue weighted by Gasteiger charge is 2.49. The van der Waals surface area contributed by atoms with E-state index in [0.717, 1.165) is 22.4 Å². The van der Waals surface area contributed by atoms with Gasteiger partial charge in [-0.1, -0.05) is 97.9 Å². The first-order valence-electron chi connectivity index (χ1n) is 12.7. The average Bonchev–Trinajstić information content (AvgIpc) is 2.94. The van der Waals surface area contributed by atoms with Crippen molar-refractivity contribution in [3.8, 4) is 0 Å². The average molecular weight is 525 g/mol. The lowest BCUT2D eigenvalue weighted by molar-refractivity contribution is -0.370. The molecule has 1 fully saturated rings. The summed E-state index contributed by atoms with van der Waals surface area (Å²) < 4.78 is 25.6. The number of hydrogen-bond donors (Lipinski definition) is 0. The van der Waals surface area contributed by atoms with Gasteiger partial charge in [0.1, 0.15) is 23.7 Å². The Morgan fingerprint density at radius 2 is 1.19 bits per heavy atom. The number of ether oxygens (including phenoxy) is 4. The Balaban J connectivity index is 1.52. The van der Waals surface area contributed by atoms with Crippen LogP contribution in [-0.4, -0.2) is 49.3 Å². The normalized spacial score (nSPS) is 23.7. The monoisotopic (exact) mass is 524 g/mol. The molecule has 3 aromatic rings. The molecule has 0 N–H and O–H groups in total. The van der Waals surface area contributed by atoms with Crippen LogP contribution in [0.1, 0.15) is 23.6 Å². The van der Waals surface area contributed by atoms with Crippen LogP contribution in [0.3, 0.4) is 0 Å². The Morgan fingerprint density at radius 1 is 0.676 bits per heavy atom. The van der Waals surface area contributed by atoms with Crippen LogP contribution in [0.4, 0.5) is 0 Å². The van der Waals surface area contributed by atoms with Crippen molar-refractivity contribution in [3.63, 3.8) is 0 Å². The maximum absolute atomic E-state index is 6.60. The number of hydrogen-bond acceptors (Lipinski definition) is 7. The van der Waals surface area contributed by atoms with Gasteiger partial charge in [0.05, 0.1) is 33.5 Å². The quantitative estimate of drug-likeness (QED) is 0.195. The van der Waals surface area contributed by atoms with Crippen LogP contribution in [0.5, 0.6) is 0 Å². The lowest BCUT2D eigenvalue weighted by atomic mass is 9.99. The second-order valence-corrected chi connectivity index (χ2v) is 10.1. The molecule has 0 aromatic heterocycles. The summed E-state index contributed by atoms with van der Waals surface area (Å²) in [6, 6.07) is 30.3. The third kappa shape index (κ3) is 8.38. The van der Waals surface area contributed by atoms with Crippen LogP contribution in [-0.2, 0) is 48.5 Å². The van der Waals surface area contributed by atoms with E-state index < -0.39 is 18.3 Å². The highest BCUT2D eigenvalue weighted by atomic mass is 32.2. The molecule has 0 bridgehead atoms. The van der Waals surface area contributed by atoms with Gasteiger partial charge in [-0.2, -0.15) is 0 Å². The Bertz CT molecular complexity index is 1010. The fourth-order valence-corrected chi connectivity index (χ4v) is 5.28. The van der Waals surface area contributed by atoms with Crippen LogP contribution < -0.4 is 0 Å². The first kappa shape index (κ1) is 27.8. The lowest BCUT2D eigenvalue weighted by Crippen LogP contribution is -2.60. The summed E-state index contributed by atoms with van der Waals surface area (Å²) in [6.07, 6.45) is -1.75. The maximum Gasteiger partial charge on any atom is 0.151 e. The van der Waals surface area contributed by atoms with Gasteiger partial charge in [0, 0.05) is 0 Å². The van der Waals surface area contributed by atoms with E-state index in [1.54, 1.807) is 11.8 Å². The molecule has 1 aliphatic rings. The van der Waals surface area contributed by atoms with Crippen molar-refractivity contribution in [2.75, 3.05) is 19.5 Å². The zero-order valence-corrected chi connectivity index (χ0v) is 22.3. The van der Waals surface area contributed by atoms with Crippen molar-refractivity contribution in [2.45, 2.75) is 56.6 Å². The van der Waals surface area contributed by atoms with Gasteiger partial charge in [0.25, 0.3) is 0 Å². The molecule has 0 aliphatic carbocycles. The minimum Gasteiger partial charge on any atom is -0.374 e. The van der Waals surface area contributed by atoms with E-state index in [1.165, 1.54) is 7.11 Å². The smallest absolute Gasteiger partial charge is 0.151 e. The SMILES string of the molecule is CCS[C@@H]1O[C@H](COCc2ccccc2)[C@@H](OCc2ccccc2)[C@H](OOC)[C@H]1OCc1ccccc1. The first-order chi connectivity index (χ1) is 18.3. The summed E-state index contributed by atoms with van der Waals surface area (Å²) in [4.78, 5) is 11.1. The van der Waals surface area contributed by atoms with Crippen LogP contribution in [0.2, 0.25) is 0 Å². The molecule has 1 heterocycles. The predicted octanol–water partition coefficient (Wildman–Crippen LogP) is 5.80. The molecule has 0 saturated carbocycles. The van der Waals surface area contributed by atoms with Crippen molar-refractivity contribution >= 4 is 11.8 Å². The van der Waals surface area contributed by atoms with Crippen LogP contribution >= 0.6 is 11.8 Å². The summed E-state index contributed by atoms with van der Waals surface area (Å²) in [5, 5.41) is 0. The zero-order chi connectivity index (χ0) is 25.7. The van der Waals surface area contributed by atoms with Crippen LogP contribution in [0.25, 0.3) is 0 Å². The highest BCUT2D eigenvalue weighted by Crippen LogP contribution is 2.35. The predicted molar refractivity (Wildman–Crippen MR) is 145 cm³/mol. The van der Waals surface area contributed by atoms with Gasteiger partial charge in [-0.15, -0.1) is 11.8 Å². The molecule has 5 atom stereocenters. The molecule has 37 heavy (non-hydrogen) atoms. The fourth-order valence-electron chi connectivity index (χ4n) is 4.31. The van der Waals surface area contributed by atoms with E-state index in [-0.39, 0.29) is 11.5 Å². The molecule has 1 saturated heterocycles. The molecule has 7 heteroatoms. The van der Waals surface area contributed by atoms with Crippen LogP contribution in [0.15, 0.2) is 91.0 Å². The standard InChI is InChI=1S/C30H36O6S/c1-3-37-30-29(34-21-25-17-11-6-12-18-25)28(36-31-2)27(33-20-24-15-9-5-10-16-24)26(35-30)22-32-19-23-13-7-4-8-14-23/h4-18,26-30H,3,19-22H2,1-2H3/t26-,27-,28+,29-,30+/m1/s1. The van der Waals surface area contributed by atoms with Gasteiger partial charge < -0.3 is 18.9 Å². The Labute approximate surface area is 224 Å². The highest BCUT2D eigenvalue weighted by molar-refractivity contribution is 7.99. The first-order valence-corrected chi connectivity index (χ1v) is 13.7. The van der Waals surface area contributed by atoms with E-state index in [9.17, 15) is 0 Å². The van der Waals surface area contributed by atoms with Gasteiger partial charge >= 0.3 is 0 Å².